The number of methoxy groups -OCH3 is 1. The lowest BCUT2D eigenvalue weighted by Gasteiger charge is -2.38. The summed E-state index contributed by atoms with van der Waals surface area (Å²) in [6, 6.07) is 4.90. The Hall–Kier alpha value is -1.94. The zero-order valence-corrected chi connectivity index (χ0v) is 17.3. The highest BCUT2D eigenvalue weighted by Crippen LogP contribution is 2.36. The second-order valence-corrected chi connectivity index (χ2v) is 8.18. The fourth-order valence-corrected chi connectivity index (χ4v) is 4.77. The van der Waals surface area contributed by atoms with E-state index in [0.717, 1.165) is 44.9 Å². The number of aryl methyl sites for hydroxylation is 1. The molecule has 1 unspecified atom stereocenters. The highest BCUT2D eigenvalue weighted by molar-refractivity contribution is 5.72. The van der Waals surface area contributed by atoms with Crippen molar-refractivity contribution in [2.75, 3.05) is 7.11 Å². The van der Waals surface area contributed by atoms with Crippen molar-refractivity contribution in [2.24, 2.45) is 4.99 Å². The van der Waals surface area contributed by atoms with E-state index in [9.17, 15) is 4.79 Å². The molecule has 0 spiro atoms. The summed E-state index contributed by atoms with van der Waals surface area (Å²) in [6.45, 7) is 9.95. The van der Waals surface area contributed by atoms with Crippen molar-refractivity contribution in [2.45, 2.75) is 82.5 Å². The molecule has 0 N–H and O–H groups in total. The summed E-state index contributed by atoms with van der Waals surface area (Å²) in [5.41, 5.74) is 5.12. The molecule has 1 aliphatic heterocycles. The Morgan fingerprint density at radius 3 is 2.86 bits per heavy atom. The summed E-state index contributed by atoms with van der Waals surface area (Å²) < 4.78 is 11.3. The van der Waals surface area contributed by atoms with Gasteiger partial charge in [0.05, 0.1) is 18.6 Å². The number of cyclic esters (lactones) is 1. The van der Waals surface area contributed by atoms with Crippen molar-refractivity contribution in [1.29, 1.82) is 0 Å². The third-order valence-electron chi connectivity index (χ3n) is 6.37. The van der Waals surface area contributed by atoms with E-state index in [1.807, 2.05) is 6.08 Å². The van der Waals surface area contributed by atoms with Crippen LogP contribution in [0.15, 0.2) is 29.8 Å². The average molecular weight is 384 g/mol. The number of hydrogen-bond donors (Lipinski definition) is 0. The van der Waals surface area contributed by atoms with E-state index in [1.165, 1.54) is 22.3 Å². The summed E-state index contributed by atoms with van der Waals surface area (Å²) >= 11 is 0. The molecule has 0 amide bonds. The van der Waals surface area contributed by atoms with Crippen LogP contribution >= 0.6 is 0 Å². The van der Waals surface area contributed by atoms with Gasteiger partial charge >= 0.3 is 5.97 Å². The number of hydrogen-bond acceptors (Lipinski definition) is 4. The monoisotopic (exact) mass is 383 g/mol. The van der Waals surface area contributed by atoms with Crippen LogP contribution in [0.25, 0.3) is 0 Å². The maximum absolute atomic E-state index is 12.1. The summed E-state index contributed by atoms with van der Waals surface area (Å²) in [5.74, 6) is -0.193. The fraction of sp³-hybridized carbons (Fsp3) is 0.583. The van der Waals surface area contributed by atoms with Crippen LogP contribution in [-0.4, -0.2) is 37.5 Å². The summed E-state index contributed by atoms with van der Waals surface area (Å²) in [7, 11) is 1.66. The first-order valence-electron chi connectivity index (χ1n) is 10.5. The summed E-state index contributed by atoms with van der Waals surface area (Å²) in [6.07, 6.45) is 9.64. The van der Waals surface area contributed by atoms with E-state index >= 15 is 0 Å². The van der Waals surface area contributed by atoms with E-state index in [1.54, 1.807) is 7.11 Å². The van der Waals surface area contributed by atoms with Gasteiger partial charge < -0.3 is 9.47 Å². The first kappa shape index (κ1) is 20.8. The quantitative estimate of drug-likeness (QED) is 0.380. The first-order valence-corrected chi connectivity index (χ1v) is 10.5. The number of esters is 1. The van der Waals surface area contributed by atoms with Gasteiger partial charge in [0.15, 0.2) is 0 Å². The zero-order chi connectivity index (χ0) is 20.1. The van der Waals surface area contributed by atoms with E-state index < -0.39 is 5.60 Å². The minimum atomic E-state index is -0.637. The Bertz CT molecular complexity index is 742. The van der Waals surface area contributed by atoms with Crippen molar-refractivity contribution < 1.29 is 14.3 Å². The van der Waals surface area contributed by atoms with Crippen LogP contribution in [0.1, 0.15) is 61.3 Å². The molecule has 1 aromatic carbocycles. The van der Waals surface area contributed by atoms with Crippen LogP contribution in [0.5, 0.6) is 0 Å². The summed E-state index contributed by atoms with van der Waals surface area (Å²) in [4.78, 5) is 16.4. The van der Waals surface area contributed by atoms with Gasteiger partial charge in [0.25, 0.3) is 0 Å². The molecule has 28 heavy (non-hydrogen) atoms. The normalized spacial score (nSPS) is 27.0. The van der Waals surface area contributed by atoms with Crippen molar-refractivity contribution in [1.82, 2.24) is 0 Å². The fourth-order valence-electron chi connectivity index (χ4n) is 4.77. The number of ether oxygens (including phenoxy) is 2. The van der Waals surface area contributed by atoms with E-state index in [2.05, 4.69) is 37.3 Å². The van der Waals surface area contributed by atoms with Crippen molar-refractivity contribution in [3.63, 3.8) is 0 Å². The van der Waals surface area contributed by atoms with Crippen LogP contribution in [0, 0.1) is 0 Å². The van der Waals surface area contributed by atoms with Gasteiger partial charge in [-0.1, -0.05) is 32.1 Å². The third-order valence-corrected chi connectivity index (χ3v) is 6.37. The number of carbonyl (C=O) groups excluding carboxylic acids is 1. The number of nitrogens with zero attached hydrogens (tertiary/aromatic N) is 1. The van der Waals surface area contributed by atoms with Crippen LogP contribution in [0.3, 0.4) is 0 Å². The molecule has 1 heterocycles. The minimum absolute atomic E-state index is 0.0986. The number of aliphatic imine (C=N–C) groups is 1. The predicted octanol–water partition coefficient (Wildman–Crippen LogP) is 4.41. The van der Waals surface area contributed by atoms with Gasteiger partial charge in [0, 0.05) is 13.5 Å². The number of rotatable bonds is 8. The second-order valence-electron chi connectivity index (χ2n) is 8.18. The molecule has 4 heteroatoms. The van der Waals surface area contributed by atoms with E-state index in [0.29, 0.717) is 18.9 Å². The van der Waals surface area contributed by atoms with Crippen LogP contribution in [0.4, 0.5) is 0 Å². The molecule has 152 valence electrons. The molecule has 1 aromatic rings. The standard InChI is InChI=1S/C24H33NO3/c1-5-7-17-8-9-18-14-19(25-3)10-11-21(18)22(17)12-13-24(6-2)16-20(27-4)15-23(26)28-24/h6,8-9,19-20H,2-3,5,7,10-16H2,1,4H3/t19-,20-,24?/m0/s1. The van der Waals surface area contributed by atoms with Gasteiger partial charge in [0.2, 0.25) is 0 Å². The third kappa shape index (κ3) is 4.38. The van der Waals surface area contributed by atoms with Gasteiger partial charge in [-0.05, 0) is 73.6 Å². The molecular weight excluding hydrogens is 350 g/mol. The molecule has 3 rings (SSSR count). The Morgan fingerprint density at radius 1 is 1.36 bits per heavy atom. The molecule has 3 atom stereocenters. The number of benzene rings is 1. The lowest BCUT2D eigenvalue weighted by molar-refractivity contribution is -0.171. The van der Waals surface area contributed by atoms with Gasteiger partial charge in [-0.2, -0.15) is 0 Å². The molecule has 2 aliphatic rings. The molecule has 0 aromatic heterocycles. The maximum Gasteiger partial charge on any atom is 0.309 e. The SMILES string of the molecule is C=CC1(CCc2c(CCC)ccc3c2CC[C@H](N=C)C3)C[C@@H](OC)CC(=O)O1. The van der Waals surface area contributed by atoms with Crippen molar-refractivity contribution in [3.8, 4) is 0 Å². The Balaban J connectivity index is 1.87. The maximum atomic E-state index is 12.1. The zero-order valence-electron chi connectivity index (χ0n) is 17.3. The molecule has 0 saturated carbocycles. The van der Waals surface area contributed by atoms with Gasteiger partial charge in [-0.25, -0.2) is 0 Å². The van der Waals surface area contributed by atoms with Crippen molar-refractivity contribution in [3.05, 3.63) is 47.0 Å². The molecule has 1 aliphatic carbocycles. The Labute approximate surface area is 169 Å². The highest BCUT2D eigenvalue weighted by Gasteiger charge is 2.40. The molecule has 1 fully saturated rings. The lowest BCUT2D eigenvalue weighted by atomic mass is 9.79. The van der Waals surface area contributed by atoms with Crippen molar-refractivity contribution >= 4 is 12.7 Å². The Kier molecular flexibility index (Phi) is 6.71. The molecular formula is C24H33NO3. The largest absolute Gasteiger partial charge is 0.455 e. The van der Waals surface area contributed by atoms with E-state index in [4.69, 9.17) is 9.47 Å². The molecule has 1 saturated heterocycles. The Morgan fingerprint density at radius 2 is 2.18 bits per heavy atom. The summed E-state index contributed by atoms with van der Waals surface area (Å²) in [5, 5.41) is 0. The first-order chi connectivity index (χ1) is 13.5. The smallest absolute Gasteiger partial charge is 0.309 e. The van der Waals surface area contributed by atoms with Gasteiger partial charge in [0.1, 0.15) is 5.60 Å². The topological polar surface area (TPSA) is 47.9 Å². The highest BCUT2D eigenvalue weighted by atomic mass is 16.6. The second kappa shape index (κ2) is 9.04. The van der Waals surface area contributed by atoms with Crippen LogP contribution in [-0.2, 0) is 40.0 Å². The lowest BCUT2D eigenvalue weighted by Crippen LogP contribution is -2.43. The van der Waals surface area contributed by atoms with E-state index in [-0.39, 0.29) is 12.1 Å². The number of carbonyl (C=O) groups is 1. The number of fused-ring (bicyclic) bond motifs is 1. The molecule has 0 bridgehead atoms. The van der Waals surface area contributed by atoms with Gasteiger partial charge in [-0.3, -0.25) is 9.79 Å². The molecule has 0 radical (unpaired) electrons. The van der Waals surface area contributed by atoms with Gasteiger partial charge in [-0.15, -0.1) is 0 Å². The average Bonchev–Trinajstić information content (AvgIpc) is 2.72. The molecule has 4 nitrogen and oxygen atoms in total. The minimum Gasteiger partial charge on any atom is -0.455 e. The van der Waals surface area contributed by atoms with Crippen LogP contribution < -0.4 is 0 Å². The predicted molar refractivity (Wildman–Crippen MR) is 113 cm³/mol. The van der Waals surface area contributed by atoms with Crippen LogP contribution in [0.2, 0.25) is 0 Å².